The third kappa shape index (κ3) is 6.10. The summed E-state index contributed by atoms with van der Waals surface area (Å²) < 4.78 is 5.13. The second kappa shape index (κ2) is 8.56. The van der Waals surface area contributed by atoms with Crippen LogP contribution in [-0.2, 0) is 17.9 Å². The Labute approximate surface area is 109 Å². The van der Waals surface area contributed by atoms with Crippen molar-refractivity contribution >= 4 is 11.8 Å². The molecule has 0 saturated carbocycles. The average molecular weight is 253 g/mol. The molecule has 0 heterocycles. The van der Waals surface area contributed by atoms with Crippen molar-refractivity contribution in [2.45, 2.75) is 31.7 Å². The van der Waals surface area contributed by atoms with E-state index in [1.807, 2.05) is 11.8 Å². The monoisotopic (exact) mass is 253 g/mol. The molecule has 0 radical (unpaired) electrons. The average Bonchev–Trinajstić information content (AvgIpc) is 2.35. The number of benzene rings is 1. The summed E-state index contributed by atoms with van der Waals surface area (Å²) in [4.78, 5) is 0. The molecule has 1 aromatic rings. The fraction of sp³-hybridized carbons (Fsp3) is 0.571. The van der Waals surface area contributed by atoms with Gasteiger partial charge >= 0.3 is 0 Å². The first kappa shape index (κ1) is 14.6. The van der Waals surface area contributed by atoms with E-state index in [1.165, 1.54) is 17.5 Å². The van der Waals surface area contributed by atoms with E-state index in [0.29, 0.717) is 6.61 Å². The minimum Gasteiger partial charge on any atom is -0.380 e. The Balaban J connectivity index is 2.28. The van der Waals surface area contributed by atoms with Crippen molar-refractivity contribution < 1.29 is 4.74 Å². The van der Waals surface area contributed by atoms with Crippen molar-refractivity contribution in [2.24, 2.45) is 0 Å². The van der Waals surface area contributed by atoms with Crippen molar-refractivity contribution in [3.8, 4) is 0 Å². The Morgan fingerprint density at radius 2 is 2.12 bits per heavy atom. The summed E-state index contributed by atoms with van der Waals surface area (Å²) in [5.41, 5.74) is 2.57. The predicted molar refractivity (Wildman–Crippen MR) is 76.5 cm³/mol. The van der Waals surface area contributed by atoms with E-state index < -0.39 is 0 Å². The van der Waals surface area contributed by atoms with Gasteiger partial charge in [-0.25, -0.2) is 0 Å². The Hall–Kier alpha value is -0.510. The standard InChI is InChI=1S/C14H23NOS/c1-12(17-3)7-8-15-10-13-5-4-6-14(9-13)11-16-2/h4-6,9,12,15H,7-8,10-11H2,1-3H3. The Morgan fingerprint density at radius 3 is 2.82 bits per heavy atom. The van der Waals surface area contributed by atoms with Crippen molar-refractivity contribution in [3.05, 3.63) is 35.4 Å². The van der Waals surface area contributed by atoms with Crippen molar-refractivity contribution in [1.29, 1.82) is 0 Å². The number of hydrogen-bond acceptors (Lipinski definition) is 3. The number of ether oxygens (including phenoxy) is 1. The summed E-state index contributed by atoms with van der Waals surface area (Å²) in [6.45, 7) is 4.98. The van der Waals surface area contributed by atoms with Gasteiger partial charge in [0.15, 0.2) is 0 Å². The molecular weight excluding hydrogens is 230 g/mol. The molecule has 0 saturated heterocycles. The van der Waals surface area contributed by atoms with E-state index in [4.69, 9.17) is 4.74 Å². The van der Waals surface area contributed by atoms with E-state index in [-0.39, 0.29) is 0 Å². The highest BCUT2D eigenvalue weighted by Gasteiger charge is 1.99. The quantitative estimate of drug-likeness (QED) is 0.719. The van der Waals surface area contributed by atoms with Gasteiger partial charge in [0.2, 0.25) is 0 Å². The fourth-order valence-corrected chi connectivity index (χ4v) is 2.01. The van der Waals surface area contributed by atoms with E-state index in [1.54, 1.807) is 7.11 Å². The molecule has 96 valence electrons. The maximum Gasteiger partial charge on any atom is 0.0713 e. The lowest BCUT2D eigenvalue weighted by molar-refractivity contribution is 0.185. The van der Waals surface area contributed by atoms with Crippen molar-refractivity contribution in [3.63, 3.8) is 0 Å². The second-order valence-electron chi connectivity index (χ2n) is 4.26. The zero-order valence-electron chi connectivity index (χ0n) is 11.0. The summed E-state index contributed by atoms with van der Waals surface area (Å²) in [6, 6.07) is 8.55. The van der Waals surface area contributed by atoms with Crippen LogP contribution in [0.1, 0.15) is 24.5 Å². The molecule has 0 amide bonds. The maximum atomic E-state index is 5.13. The Morgan fingerprint density at radius 1 is 1.35 bits per heavy atom. The lowest BCUT2D eigenvalue weighted by Gasteiger charge is -2.09. The molecular formula is C14H23NOS. The third-order valence-corrected chi connectivity index (χ3v) is 3.80. The van der Waals surface area contributed by atoms with Gasteiger partial charge in [0, 0.05) is 18.9 Å². The molecule has 0 aliphatic carbocycles. The van der Waals surface area contributed by atoms with Crippen LogP contribution in [0.4, 0.5) is 0 Å². The van der Waals surface area contributed by atoms with Crippen LogP contribution in [0, 0.1) is 0 Å². The Bertz CT molecular complexity index is 317. The van der Waals surface area contributed by atoms with Gasteiger partial charge in [-0.05, 0) is 30.3 Å². The summed E-state index contributed by atoms with van der Waals surface area (Å²) in [6.07, 6.45) is 3.39. The van der Waals surface area contributed by atoms with Gasteiger partial charge in [-0.2, -0.15) is 11.8 Å². The van der Waals surface area contributed by atoms with Gasteiger partial charge in [0.25, 0.3) is 0 Å². The molecule has 1 unspecified atom stereocenters. The van der Waals surface area contributed by atoms with Crippen LogP contribution < -0.4 is 5.32 Å². The molecule has 0 aliphatic heterocycles. The topological polar surface area (TPSA) is 21.3 Å². The molecule has 2 nitrogen and oxygen atoms in total. The maximum absolute atomic E-state index is 5.13. The van der Waals surface area contributed by atoms with Crippen LogP contribution in [0.2, 0.25) is 0 Å². The zero-order valence-corrected chi connectivity index (χ0v) is 11.8. The predicted octanol–water partition coefficient (Wildman–Crippen LogP) is 3.06. The minimum atomic E-state index is 0.692. The second-order valence-corrected chi connectivity index (χ2v) is 5.54. The van der Waals surface area contributed by atoms with Crippen LogP contribution in [0.3, 0.4) is 0 Å². The van der Waals surface area contributed by atoms with Gasteiger partial charge in [0.05, 0.1) is 6.61 Å². The van der Waals surface area contributed by atoms with Crippen LogP contribution in [0.5, 0.6) is 0 Å². The first-order valence-corrected chi connectivity index (χ1v) is 7.35. The van der Waals surface area contributed by atoms with Crippen molar-refractivity contribution in [2.75, 3.05) is 19.9 Å². The van der Waals surface area contributed by atoms with Gasteiger partial charge in [0.1, 0.15) is 0 Å². The minimum absolute atomic E-state index is 0.692. The summed E-state index contributed by atoms with van der Waals surface area (Å²) in [5.74, 6) is 0. The van der Waals surface area contributed by atoms with Crippen LogP contribution >= 0.6 is 11.8 Å². The molecule has 1 aromatic carbocycles. The number of nitrogens with one attached hydrogen (secondary N) is 1. The first-order chi connectivity index (χ1) is 8.26. The highest BCUT2D eigenvalue weighted by atomic mass is 32.2. The van der Waals surface area contributed by atoms with Crippen LogP contribution in [0.25, 0.3) is 0 Å². The normalized spacial score (nSPS) is 12.6. The summed E-state index contributed by atoms with van der Waals surface area (Å²) >= 11 is 1.92. The molecule has 1 N–H and O–H groups in total. The largest absolute Gasteiger partial charge is 0.380 e. The molecule has 0 aliphatic rings. The van der Waals surface area contributed by atoms with Gasteiger partial charge in [-0.1, -0.05) is 31.2 Å². The summed E-state index contributed by atoms with van der Waals surface area (Å²) in [7, 11) is 1.73. The smallest absolute Gasteiger partial charge is 0.0713 e. The highest BCUT2D eigenvalue weighted by Crippen LogP contribution is 2.09. The molecule has 0 aromatic heterocycles. The SMILES string of the molecule is COCc1cccc(CNCCC(C)SC)c1. The molecule has 0 fully saturated rings. The number of methoxy groups -OCH3 is 1. The van der Waals surface area contributed by atoms with Gasteiger partial charge < -0.3 is 10.1 Å². The molecule has 3 heteroatoms. The van der Waals surface area contributed by atoms with E-state index in [2.05, 4.69) is 42.8 Å². The number of hydrogen-bond donors (Lipinski definition) is 1. The van der Waals surface area contributed by atoms with Crippen LogP contribution in [-0.4, -0.2) is 25.2 Å². The highest BCUT2D eigenvalue weighted by molar-refractivity contribution is 7.99. The van der Waals surface area contributed by atoms with Gasteiger partial charge in [-0.15, -0.1) is 0 Å². The lowest BCUT2D eigenvalue weighted by Crippen LogP contribution is -2.17. The summed E-state index contributed by atoms with van der Waals surface area (Å²) in [5, 5.41) is 4.22. The van der Waals surface area contributed by atoms with E-state index in [9.17, 15) is 0 Å². The molecule has 1 rings (SSSR count). The van der Waals surface area contributed by atoms with Crippen LogP contribution in [0.15, 0.2) is 24.3 Å². The third-order valence-electron chi connectivity index (χ3n) is 2.76. The molecule has 0 spiro atoms. The van der Waals surface area contributed by atoms with Crippen molar-refractivity contribution in [1.82, 2.24) is 5.32 Å². The number of rotatable bonds is 8. The molecule has 0 bridgehead atoms. The van der Waals surface area contributed by atoms with Gasteiger partial charge in [-0.3, -0.25) is 0 Å². The molecule has 17 heavy (non-hydrogen) atoms. The molecule has 1 atom stereocenters. The fourth-order valence-electron chi connectivity index (χ4n) is 1.65. The van der Waals surface area contributed by atoms with E-state index >= 15 is 0 Å². The zero-order chi connectivity index (χ0) is 12.5. The van der Waals surface area contributed by atoms with E-state index in [0.717, 1.165) is 18.3 Å². The number of thioether (sulfide) groups is 1. The lowest BCUT2D eigenvalue weighted by atomic mass is 10.1. The first-order valence-electron chi connectivity index (χ1n) is 6.06. The Kier molecular flexibility index (Phi) is 7.33.